The fourth-order valence-electron chi connectivity index (χ4n) is 1.97. The Morgan fingerprint density at radius 2 is 1.96 bits per heavy atom. The third-order valence-corrected chi connectivity index (χ3v) is 4.49. The van der Waals surface area contributed by atoms with Crippen molar-refractivity contribution < 1.29 is 18.1 Å². The first-order valence-corrected chi connectivity index (χ1v) is 8.52. The summed E-state index contributed by atoms with van der Waals surface area (Å²) in [6.07, 6.45) is 0. The summed E-state index contributed by atoms with van der Waals surface area (Å²) in [5.74, 6) is 0. The summed E-state index contributed by atoms with van der Waals surface area (Å²) in [6, 6.07) is 3.62. The fraction of sp³-hybridized carbons (Fsp3) is 0.571. The Morgan fingerprint density at radius 3 is 2.43 bits per heavy atom. The Bertz CT molecular complexity index is 667. The molecule has 2 N–H and O–H groups in total. The third kappa shape index (κ3) is 5.77. The molecule has 0 aliphatic carbocycles. The molecule has 0 aliphatic heterocycles. The van der Waals surface area contributed by atoms with Crippen LogP contribution in [0.1, 0.15) is 27.7 Å². The highest BCUT2D eigenvalue weighted by atomic mass is 32.2. The van der Waals surface area contributed by atoms with E-state index in [1.54, 1.807) is 27.7 Å². The molecule has 0 spiro atoms. The second-order valence-corrected chi connectivity index (χ2v) is 7.97. The van der Waals surface area contributed by atoms with Crippen LogP contribution < -0.4 is 10.0 Å². The number of nitro benzene ring substituents is 1. The number of rotatable bonds is 7. The SMILES string of the molecule is COC[C@@H](C)Nc1ccc(S(=O)(=O)NC(C)(C)C)cc1[N+](=O)[O-]. The number of hydrogen-bond acceptors (Lipinski definition) is 6. The summed E-state index contributed by atoms with van der Waals surface area (Å²) in [5, 5.41) is 14.2. The maximum atomic E-state index is 12.3. The summed E-state index contributed by atoms with van der Waals surface area (Å²) in [7, 11) is -2.31. The molecule has 0 bridgehead atoms. The summed E-state index contributed by atoms with van der Waals surface area (Å²) in [6.45, 7) is 7.26. The van der Waals surface area contributed by atoms with E-state index in [4.69, 9.17) is 4.74 Å². The number of sulfonamides is 1. The van der Waals surface area contributed by atoms with E-state index in [9.17, 15) is 18.5 Å². The van der Waals surface area contributed by atoms with Gasteiger partial charge in [-0.25, -0.2) is 13.1 Å². The lowest BCUT2D eigenvalue weighted by Gasteiger charge is -2.20. The molecular weight excluding hydrogens is 322 g/mol. The van der Waals surface area contributed by atoms with E-state index in [1.165, 1.54) is 19.2 Å². The number of nitro groups is 1. The van der Waals surface area contributed by atoms with Crippen molar-refractivity contribution in [1.29, 1.82) is 0 Å². The summed E-state index contributed by atoms with van der Waals surface area (Å²) >= 11 is 0. The predicted molar refractivity (Wildman–Crippen MR) is 88.1 cm³/mol. The van der Waals surface area contributed by atoms with Gasteiger partial charge in [-0.2, -0.15) is 0 Å². The number of nitrogens with one attached hydrogen (secondary N) is 2. The van der Waals surface area contributed by atoms with Crippen LogP contribution in [0.3, 0.4) is 0 Å². The van der Waals surface area contributed by atoms with Crippen molar-refractivity contribution in [2.45, 2.75) is 44.2 Å². The molecule has 9 heteroatoms. The van der Waals surface area contributed by atoms with Gasteiger partial charge in [0.15, 0.2) is 0 Å². The summed E-state index contributed by atoms with van der Waals surface area (Å²) in [4.78, 5) is 10.5. The van der Waals surface area contributed by atoms with Gasteiger partial charge in [0.05, 0.1) is 16.4 Å². The number of hydrogen-bond donors (Lipinski definition) is 2. The number of ether oxygens (including phenoxy) is 1. The lowest BCUT2D eigenvalue weighted by molar-refractivity contribution is -0.384. The molecule has 0 saturated carbocycles. The van der Waals surface area contributed by atoms with Gasteiger partial charge in [0, 0.05) is 24.8 Å². The molecule has 1 aromatic carbocycles. The van der Waals surface area contributed by atoms with Crippen molar-refractivity contribution in [3.8, 4) is 0 Å². The number of benzene rings is 1. The van der Waals surface area contributed by atoms with Crippen LogP contribution in [0, 0.1) is 10.1 Å². The standard InChI is InChI=1S/C14H23N3O5S/c1-10(9-22-5)15-12-7-6-11(8-13(12)17(18)19)23(20,21)16-14(2,3)4/h6-8,10,15-16H,9H2,1-5H3/t10-/m1/s1. The Labute approximate surface area is 136 Å². The molecule has 0 unspecified atom stereocenters. The van der Waals surface area contributed by atoms with E-state index in [-0.39, 0.29) is 22.3 Å². The van der Waals surface area contributed by atoms with E-state index in [0.29, 0.717) is 6.61 Å². The molecule has 1 atom stereocenters. The smallest absolute Gasteiger partial charge is 0.293 e. The number of anilines is 1. The second kappa shape index (κ2) is 7.24. The minimum Gasteiger partial charge on any atom is -0.383 e. The van der Waals surface area contributed by atoms with Crippen LogP contribution in [-0.2, 0) is 14.8 Å². The molecule has 0 heterocycles. The van der Waals surface area contributed by atoms with Crippen LogP contribution in [0.2, 0.25) is 0 Å². The maximum Gasteiger partial charge on any atom is 0.293 e. The van der Waals surface area contributed by atoms with Crippen LogP contribution >= 0.6 is 0 Å². The topological polar surface area (TPSA) is 111 Å². The first kappa shape index (κ1) is 19.3. The van der Waals surface area contributed by atoms with Gasteiger partial charge in [0.1, 0.15) is 5.69 Å². The highest BCUT2D eigenvalue weighted by molar-refractivity contribution is 7.89. The molecule has 0 fully saturated rings. The summed E-state index contributed by atoms with van der Waals surface area (Å²) < 4.78 is 32.0. The zero-order chi connectivity index (χ0) is 17.8. The van der Waals surface area contributed by atoms with Gasteiger partial charge in [0.25, 0.3) is 5.69 Å². The largest absolute Gasteiger partial charge is 0.383 e. The Hall–Kier alpha value is -1.71. The highest BCUT2D eigenvalue weighted by Crippen LogP contribution is 2.28. The Morgan fingerprint density at radius 1 is 1.35 bits per heavy atom. The second-order valence-electron chi connectivity index (χ2n) is 6.29. The minimum atomic E-state index is -3.84. The van der Waals surface area contributed by atoms with E-state index in [2.05, 4.69) is 10.0 Å². The molecular formula is C14H23N3O5S. The molecule has 23 heavy (non-hydrogen) atoms. The molecule has 0 aromatic heterocycles. The summed E-state index contributed by atoms with van der Waals surface area (Å²) in [5.41, 5.74) is -0.740. The van der Waals surface area contributed by atoms with Gasteiger partial charge in [-0.1, -0.05) is 0 Å². The molecule has 0 aliphatic rings. The van der Waals surface area contributed by atoms with Crippen molar-refractivity contribution in [1.82, 2.24) is 4.72 Å². The highest BCUT2D eigenvalue weighted by Gasteiger charge is 2.25. The van der Waals surface area contributed by atoms with Gasteiger partial charge in [-0.05, 0) is 39.8 Å². The monoisotopic (exact) mass is 345 g/mol. The van der Waals surface area contributed by atoms with Crippen LogP contribution in [0.5, 0.6) is 0 Å². The minimum absolute atomic E-state index is 0.149. The molecule has 130 valence electrons. The number of nitrogens with zero attached hydrogens (tertiary/aromatic N) is 1. The van der Waals surface area contributed by atoms with Crippen LogP contribution in [-0.4, -0.2) is 38.6 Å². The first-order valence-electron chi connectivity index (χ1n) is 7.04. The van der Waals surface area contributed by atoms with Gasteiger partial charge in [0.2, 0.25) is 10.0 Å². The molecule has 0 radical (unpaired) electrons. The van der Waals surface area contributed by atoms with Crippen molar-refractivity contribution in [2.75, 3.05) is 19.0 Å². The first-order chi connectivity index (χ1) is 10.5. The van der Waals surface area contributed by atoms with Gasteiger partial charge in [-0.15, -0.1) is 0 Å². The average Bonchev–Trinajstić information content (AvgIpc) is 2.35. The van der Waals surface area contributed by atoms with E-state index in [1.807, 2.05) is 0 Å². The van der Waals surface area contributed by atoms with Crippen LogP contribution in [0.4, 0.5) is 11.4 Å². The van der Waals surface area contributed by atoms with Crippen molar-refractivity contribution in [3.05, 3.63) is 28.3 Å². The van der Waals surface area contributed by atoms with E-state index in [0.717, 1.165) is 6.07 Å². The lowest BCUT2D eigenvalue weighted by Crippen LogP contribution is -2.40. The Balaban J connectivity index is 3.21. The van der Waals surface area contributed by atoms with Gasteiger partial charge >= 0.3 is 0 Å². The van der Waals surface area contributed by atoms with Crippen LogP contribution in [0.25, 0.3) is 0 Å². The fourth-order valence-corrected chi connectivity index (χ4v) is 3.41. The van der Waals surface area contributed by atoms with Gasteiger partial charge in [-0.3, -0.25) is 10.1 Å². The van der Waals surface area contributed by atoms with Crippen molar-refractivity contribution in [2.24, 2.45) is 0 Å². The van der Waals surface area contributed by atoms with Crippen molar-refractivity contribution >= 4 is 21.4 Å². The predicted octanol–water partition coefficient (Wildman–Crippen LogP) is 2.12. The van der Waals surface area contributed by atoms with Crippen LogP contribution in [0.15, 0.2) is 23.1 Å². The molecule has 1 aromatic rings. The molecule has 0 saturated heterocycles. The lowest BCUT2D eigenvalue weighted by atomic mass is 10.1. The Kier molecular flexibility index (Phi) is 6.09. The third-order valence-electron chi connectivity index (χ3n) is 2.74. The average molecular weight is 345 g/mol. The van der Waals surface area contributed by atoms with E-state index >= 15 is 0 Å². The maximum absolute atomic E-state index is 12.3. The molecule has 0 amide bonds. The zero-order valence-corrected chi connectivity index (χ0v) is 14.7. The quantitative estimate of drug-likeness (QED) is 0.578. The zero-order valence-electron chi connectivity index (χ0n) is 13.9. The molecule has 8 nitrogen and oxygen atoms in total. The normalized spacial score (nSPS) is 13.6. The molecule has 1 rings (SSSR count). The van der Waals surface area contributed by atoms with Gasteiger partial charge < -0.3 is 10.1 Å². The van der Waals surface area contributed by atoms with Crippen molar-refractivity contribution in [3.63, 3.8) is 0 Å². The van der Waals surface area contributed by atoms with E-state index < -0.39 is 20.5 Å². The number of methoxy groups -OCH3 is 1.